The van der Waals surface area contributed by atoms with Crippen LogP contribution in [-0.4, -0.2) is 25.0 Å². The number of hydrogen-bond acceptors (Lipinski definition) is 4. The molecule has 0 fully saturated rings. The summed E-state index contributed by atoms with van der Waals surface area (Å²) >= 11 is 0. The highest BCUT2D eigenvalue weighted by molar-refractivity contribution is 6.07. The van der Waals surface area contributed by atoms with E-state index >= 15 is 0 Å². The van der Waals surface area contributed by atoms with Crippen molar-refractivity contribution in [2.45, 2.75) is 0 Å². The Morgan fingerprint density at radius 1 is 0.610 bits per heavy atom. The van der Waals surface area contributed by atoms with Gasteiger partial charge in [0.15, 0.2) is 11.5 Å². The Labute approximate surface area is 239 Å². The minimum atomic E-state index is -0.337. The van der Waals surface area contributed by atoms with Gasteiger partial charge in [0, 0.05) is 36.6 Å². The van der Waals surface area contributed by atoms with Gasteiger partial charge in [-0.15, -0.1) is 0 Å². The Morgan fingerprint density at radius 2 is 1.15 bits per heavy atom. The van der Waals surface area contributed by atoms with Crippen LogP contribution < -0.4 is 10.2 Å². The molecule has 0 radical (unpaired) electrons. The van der Waals surface area contributed by atoms with Crippen molar-refractivity contribution in [2.24, 2.45) is 0 Å². The number of aromatic nitrogens is 1. The molecule has 0 aliphatic carbocycles. The van der Waals surface area contributed by atoms with Gasteiger partial charge in [0.25, 0.3) is 5.91 Å². The maximum absolute atomic E-state index is 13.7. The van der Waals surface area contributed by atoms with Crippen LogP contribution in [0.4, 0.5) is 11.4 Å². The van der Waals surface area contributed by atoms with Crippen LogP contribution >= 0.6 is 0 Å². The Hall–Kier alpha value is -5.42. The van der Waals surface area contributed by atoms with Crippen LogP contribution in [0, 0.1) is 0 Å². The fraction of sp³-hybridized carbons (Fsp3) is 0.0556. The summed E-state index contributed by atoms with van der Waals surface area (Å²) in [4.78, 5) is 20.5. The van der Waals surface area contributed by atoms with E-state index < -0.39 is 0 Å². The number of anilines is 2. The summed E-state index contributed by atoms with van der Waals surface area (Å²) in [6.45, 7) is 0. The highest BCUT2D eigenvalue weighted by Gasteiger charge is 2.24. The van der Waals surface area contributed by atoms with Crippen molar-refractivity contribution in [1.29, 1.82) is 0 Å². The minimum absolute atomic E-state index is 0.229. The van der Waals surface area contributed by atoms with Crippen molar-refractivity contribution in [3.05, 3.63) is 139 Å². The van der Waals surface area contributed by atoms with Crippen molar-refractivity contribution >= 4 is 17.3 Å². The lowest BCUT2D eigenvalue weighted by molar-refractivity contribution is 0.102. The minimum Gasteiger partial charge on any atom is -0.435 e. The molecule has 5 nitrogen and oxygen atoms in total. The Balaban J connectivity index is 1.38. The van der Waals surface area contributed by atoms with Gasteiger partial charge in [-0.2, -0.15) is 0 Å². The van der Waals surface area contributed by atoms with Crippen molar-refractivity contribution in [3.63, 3.8) is 0 Å². The van der Waals surface area contributed by atoms with E-state index in [4.69, 9.17) is 9.40 Å². The van der Waals surface area contributed by atoms with E-state index in [1.165, 1.54) is 0 Å². The first-order valence-corrected chi connectivity index (χ1v) is 13.5. The fourth-order valence-electron chi connectivity index (χ4n) is 4.80. The molecule has 0 aliphatic rings. The summed E-state index contributed by atoms with van der Waals surface area (Å²) in [5.74, 6) is 0.476. The molecule has 0 spiro atoms. The van der Waals surface area contributed by atoms with Gasteiger partial charge in [-0.1, -0.05) is 91.0 Å². The van der Waals surface area contributed by atoms with E-state index in [1.54, 1.807) is 0 Å². The Bertz CT molecular complexity index is 1770. The molecule has 0 saturated heterocycles. The second-order valence-corrected chi connectivity index (χ2v) is 9.95. The zero-order valence-electron chi connectivity index (χ0n) is 22.9. The summed E-state index contributed by atoms with van der Waals surface area (Å²) in [5.41, 5.74) is 7.76. The number of nitrogens with one attached hydrogen (secondary N) is 1. The van der Waals surface area contributed by atoms with Crippen LogP contribution in [0.3, 0.4) is 0 Å². The van der Waals surface area contributed by atoms with Crippen molar-refractivity contribution in [1.82, 2.24) is 4.98 Å². The number of oxazole rings is 1. The summed E-state index contributed by atoms with van der Waals surface area (Å²) < 4.78 is 6.40. The van der Waals surface area contributed by atoms with Gasteiger partial charge >= 0.3 is 0 Å². The monoisotopic (exact) mass is 535 g/mol. The van der Waals surface area contributed by atoms with Gasteiger partial charge in [-0.05, 0) is 64.7 Å². The molecule has 0 aliphatic heterocycles. The summed E-state index contributed by atoms with van der Waals surface area (Å²) in [7, 11) is 3.98. The normalized spacial score (nSPS) is 10.8. The lowest BCUT2D eigenvalue weighted by Crippen LogP contribution is -2.13. The van der Waals surface area contributed by atoms with Crippen LogP contribution in [0.1, 0.15) is 10.5 Å². The molecular formula is C36H29N3O2. The second kappa shape index (κ2) is 11.4. The number of carbonyl (C=O) groups excluding carboxylic acids is 1. The van der Waals surface area contributed by atoms with Gasteiger partial charge in [0.2, 0.25) is 5.89 Å². The van der Waals surface area contributed by atoms with Crippen molar-refractivity contribution in [2.75, 3.05) is 24.3 Å². The highest BCUT2D eigenvalue weighted by atomic mass is 16.4. The molecule has 0 saturated carbocycles. The van der Waals surface area contributed by atoms with E-state index in [9.17, 15) is 4.79 Å². The molecule has 41 heavy (non-hydrogen) atoms. The first kappa shape index (κ1) is 25.8. The molecular weight excluding hydrogens is 506 g/mol. The van der Waals surface area contributed by atoms with E-state index in [0.717, 1.165) is 39.1 Å². The quantitative estimate of drug-likeness (QED) is 0.222. The summed E-state index contributed by atoms with van der Waals surface area (Å²) in [6, 6.07) is 43.9. The van der Waals surface area contributed by atoms with Gasteiger partial charge in [0.05, 0.1) is 0 Å². The van der Waals surface area contributed by atoms with Gasteiger partial charge in [-0.25, -0.2) is 4.98 Å². The Morgan fingerprint density at radius 3 is 1.78 bits per heavy atom. The van der Waals surface area contributed by atoms with Crippen LogP contribution in [0.15, 0.2) is 138 Å². The summed E-state index contributed by atoms with van der Waals surface area (Å²) in [5, 5.41) is 3.02. The maximum atomic E-state index is 13.7. The molecule has 200 valence electrons. The van der Waals surface area contributed by atoms with Gasteiger partial charge in [-0.3, -0.25) is 4.79 Å². The first-order chi connectivity index (χ1) is 20.1. The molecule has 1 aromatic heterocycles. The molecule has 0 unspecified atom stereocenters. The molecule has 6 rings (SSSR count). The molecule has 1 amide bonds. The lowest BCUT2D eigenvalue weighted by Gasteiger charge is -2.12. The topological polar surface area (TPSA) is 58.4 Å². The van der Waals surface area contributed by atoms with E-state index in [2.05, 4.69) is 29.6 Å². The van der Waals surface area contributed by atoms with Crippen LogP contribution in [0.2, 0.25) is 0 Å². The third-order valence-corrected chi connectivity index (χ3v) is 6.98. The van der Waals surface area contributed by atoms with Crippen LogP contribution in [-0.2, 0) is 0 Å². The third kappa shape index (κ3) is 5.52. The number of hydrogen-bond donors (Lipinski definition) is 1. The van der Waals surface area contributed by atoms with Gasteiger partial charge in [0.1, 0.15) is 0 Å². The fourth-order valence-corrected chi connectivity index (χ4v) is 4.80. The van der Waals surface area contributed by atoms with Crippen molar-refractivity contribution < 1.29 is 9.21 Å². The van der Waals surface area contributed by atoms with Gasteiger partial charge < -0.3 is 14.6 Å². The SMILES string of the molecule is CN(C)c1ccc(-c2oc(-c3ccccc3-c3ccccc3)nc2C(=O)Nc2ccc(-c3ccccc3)cc2)cc1. The number of benzene rings is 5. The second-order valence-electron chi connectivity index (χ2n) is 9.95. The smallest absolute Gasteiger partial charge is 0.278 e. The molecule has 0 atom stereocenters. The van der Waals surface area contributed by atoms with Crippen molar-refractivity contribution in [3.8, 4) is 45.0 Å². The molecule has 5 heteroatoms. The predicted octanol–water partition coefficient (Wildman–Crippen LogP) is 8.66. The predicted molar refractivity (Wildman–Crippen MR) is 167 cm³/mol. The molecule has 5 aromatic carbocycles. The average Bonchev–Trinajstić information content (AvgIpc) is 3.48. The third-order valence-electron chi connectivity index (χ3n) is 6.98. The molecule has 1 N–H and O–H groups in total. The highest BCUT2D eigenvalue weighted by Crippen LogP contribution is 2.36. The first-order valence-electron chi connectivity index (χ1n) is 13.5. The number of rotatable bonds is 7. The molecule has 1 heterocycles. The molecule has 6 aromatic rings. The van der Waals surface area contributed by atoms with Crippen LogP contribution in [0.5, 0.6) is 0 Å². The molecule has 0 bridgehead atoms. The van der Waals surface area contributed by atoms with E-state index in [-0.39, 0.29) is 11.6 Å². The number of amides is 1. The zero-order chi connectivity index (χ0) is 28.2. The average molecular weight is 536 g/mol. The summed E-state index contributed by atoms with van der Waals surface area (Å²) in [6.07, 6.45) is 0. The Kier molecular flexibility index (Phi) is 7.16. The maximum Gasteiger partial charge on any atom is 0.278 e. The van der Waals surface area contributed by atoms with Crippen LogP contribution in [0.25, 0.3) is 45.0 Å². The zero-order valence-corrected chi connectivity index (χ0v) is 22.9. The van der Waals surface area contributed by atoms with E-state index in [0.29, 0.717) is 17.3 Å². The largest absolute Gasteiger partial charge is 0.435 e. The number of nitrogens with zero attached hydrogens (tertiary/aromatic N) is 2. The standard InChI is InChI=1S/C36H29N3O2/c1-39(2)30-23-19-28(20-24-30)34-33(35(40)37-29-21-17-26(18-22-29)25-11-5-3-6-12-25)38-36(41-34)32-16-10-9-15-31(32)27-13-7-4-8-14-27/h3-24H,1-2H3,(H,37,40). The van der Waals surface area contributed by atoms with E-state index in [1.807, 2.05) is 128 Å². The lowest BCUT2D eigenvalue weighted by atomic mass is 10.00. The number of carbonyl (C=O) groups is 1.